The minimum atomic E-state index is -1.17. The van der Waals surface area contributed by atoms with E-state index in [9.17, 15) is 9.90 Å². The van der Waals surface area contributed by atoms with Gasteiger partial charge in [-0.1, -0.05) is 19.3 Å². The molecule has 1 rings (SSSR count). The van der Waals surface area contributed by atoms with Crippen molar-refractivity contribution in [2.24, 2.45) is 16.5 Å². The number of carbonyl (C=O) groups is 1. The quantitative estimate of drug-likeness (QED) is 0.204. The van der Waals surface area contributed by atoms with Crippen LogP contribution in [0.1, 0.15) is 44.9 Å². The van der Waals surface area contributed by atoms with E-state index in [1.54, 1.807) is 0 Å². The van der Waals surface area contributed by atoms with E-state index in [4.69, 9.17) is 23.7 Å². The molecule has 1 saturated carbocycles. The summed E-state index contributed by atoms with van der Waals surface area (Å²) < 4.78 is 0. The highest BCUT2D eigenvalue weighted by Gasteiger charge is 2.16. The van der Waals surface area contributed by atoms with Gasteiger partial charge in [-0.15, -0.1) is 0 Å². The molecule has 1 atom stereocenters. The van der Waals surface area contributed by atoms with Crippen LogP contribution in [0.25, 0.3) is 0 Å². The van der Waals surface area contributed by atoms with E-state index in [0.717, 1.165) is 12.8 Å². The lowest BCUT2D eigenvalue weighted by Crippen LogP contribution is -2.52. The van der Waals surface area contributed by atoms with Crippen LogP contribution in [-0.2, 0) is 4.79 Å². The first kappa shape index (κ1) is 17.5. The molecule has 1 fully saturated rings. The predicted octanol–water partition coefficient (Wildman–Crippen LogP) is -1.04. The molecule has 0 bridgehead atoms. The standard InChI is InChI=1S/C13H25N5O2S/c14-12(15)16-8-4-7-10(11(19)20)18-13(21)17-9-5-2-1-3-6-9/h9-10H,1-8H2,(H,19,20)(H4,14,15,16)(H2,17,18,21)/p-1. The number of nitrogens with one attached hydrogen (secondary N) is 2. The van der Waals surface area contributed by atoms with Crippen LogP contribution in [-0.4, -0.2) is 35.7 Å². The zero-order chi connectivity index (χ0) is 15.7. The Balaban J connectivity index is 2.33. The highest BCUT2D eigenvalue weighted by molar-refractivity contribution is 7.80. The first-order valence-electron chi connectivity index (χ1n) is 7.32. The second-order valence-electron chi connectivity index (χ2n) is 5.27. The van der Waals surface area contributed by atoms with Gasteiger partial charge in [0, 0.05) is 12.6 Å². The monoisotopic (exact) mass is 314 g/mol. The minimum absolute atomic E-state index is 0.00226. The number of nitrogens with zero attached hydrogens (tertiary/aromatic N) is 1. The first-order chi connectivity index (χ1) is 9.99. The topological polar surface area (TPSA) is 129 Å². The molecule has 0 heterocycles. The fourth-order valence-electron chi connectivity index (χ4n) is 2.38. The third-order valence-corrected chi connectivity index (χ3v) is 3.71. The van der Waals surface area contributed by atoms with Crippen LogP contribution in [0.15, 0.2) is 4.99 Å². The number of aliphatic imine (C=N–C) groups is 1. The van der Waals surface area contributed by atoms with Gasteiger partial charge < -0.3 is 32.0 Å². The second-order valence-corrected chi connectivity index (χ2v) is 5.68. The van der Waals surface area contributed by atoms with Gasteiger partial charge in [0.25, 0.3) is 0 Å². The van der Waals surface area contributed by atoms with Gasteiger partial charge in [0.1, 0.15) is 0 Å². The summed E-state index contributed by atoms with van der Waals surface area (Å²) in [5.41, 5.74) is 10.4. The van der Waals surface area contributed by atoms with Crippen LogP contribution in [0.2, 0.25) is 0 Å². The van der Waals surface area contributed by atoms with E-state index in [-0.39, 0.29) is 5.96 Å². The maximum Gasteiger partial charge on any atom is 0.185 e. The van der Waals surface area contributed by atoms with E-state index in [1.165, 1.54) is 19.3 Å². The van der Waals surface area contributed by atoms with Gasteiger partial charge >= 0.3 is 0 Å². The van der Waals surface area contributed by atoms with Crippen molar-refractivity contribution >= 4 is 29.3 Å². The average Bonchev–Trinajstić information content (AvgIpc) is 2.42. The van der Waals surface area contributed by atoms with Gasteiger partial charge in [0.05, 0.1) is 12.0 Å². The molecule has 0 amide bonds. The Morgan fingerprint density at radius 3 is 2.57 bits per heavy atom. The molecule has 7 nitrogen and oxygen atoms in total. The molecule has 0 radical (unpaired) electrons. The normalized spacial score (nSPS) is 16.8. The molecular formula is C13H24N5O2S-. The van der Waals surface area contributed by atoms with Gasteiger partial charge in [-0.05, 0) is 37.9 Å². The highest BCUT2D eigenvalue weighted by Crippen LogP contribution is 2.17. The molecule has 8 heteroatoms. The third-order valence-electron chi connectivity index (χ3n) is 3.48. The number of thiocarbonyl (C=S) groups is 1. The van der Waals surface area contributed by atoms with Crippen LogP contribution in [0.4, 0.5) is 0 Å². The molecule has 0 aromatic heterocycles. The summed E-state index contributed by atoms with van der Waals surface area (Å²) >= 11 is 5.17. The number of rotatable bonds is 7. The van der Waals surface area contributed by atoms with Crippen molar-refractivity contribution in [1.29, 1.82) is 0 Å². The Morgan fingerprint density at radius 1 is 1.33 bits per heavy atom. The average molecular weight is 314 g/mol. The SMILES string of the molecule is NC(N)=NCCCC(NC(=S)NC1CCCCC1)C(=O)[O-]. The van der Waals surface area contributed by atoms with Crippen molar-refractivity contribution in [2.45, 2.75) is 57.0 Å². The summed E-state index contributed by atoms with van der Waals surface area (Å²) in [6.07, 6.45) is 6.65. The van der Waals surface area contributed by atoms with E-state index in [1.807, 2.05) is 0 Å². The van der Waals surface area contributed by atoms with Crippen molar-refractivity contribution in [3.63, 3.8) is 0 Å². The summed E-state index contributed by atoms with van der Waals surface area (Å²) in [5, 5.41) is 17.5. The molecule has 1 aliphatic carbocycles. The number of hydrogen-bond donors (Lipinski definition) is 4. The zero-order valence-electron chi connectivity index (χ0n) is 12.1. The first-order valence-corrected chi connectivity index (χ1v) is 7.73. The largest absolute Gasteiger partial charge is 0.548 e. The number of aliphatic carboxylic acids is 1. The molecule has 0 saturated heterocycles. The lowest BCUT2D eigenvalue weighted by atomic mass is 9.96. The number of nitrogens with two attached hydrogens (primary N) is 2. The predicted molar refractivity (Wildman–Crippen MR) is 84.4 cm³/mol. The molecule has 1 aliphatic rings. The molecule has 0 spiro atoms. The maximum atomic E-state index is 11.1. The van der Waals surface area contributed by atoms with Crippen LogP contribution < -0.4 is 27.2 Å². The van der Waals surface area contributed by atoms with Gasteiger partial charge in [-0.2, -0.15) is 0 Å². The summed E-state index contributed by atoms with van der Waals surface area (Å²) in [6, 6.07) is -0.495. The van der Waals surface area contributed by atoms with Crippen molar-refractivity contribution in [1.82, 2.24) is 10.6 Å². The molecule has 0 aromatic carbocycles. The van der Waals surface area contributed by atoms with Gasteiger partial charge in [-0.3, -0.25) is 4.99 Å². The van der Waals surface area contributed by atoms with Gasteiger partial charge in [-0.25, -0.2) is 0 Å². The maximum absolute atomic E-state index is 11.1. The zero-order valence-corrected chi connectivity index (χ0v) is 13.0. The second kappa shape index (κ2) is 9.38. The van der Waals surface area contributed by atoms with Crippen LogP contribution in [0.5, 0.6) is 0 Å². The lowest BCUT2D eigenvalue weighted by Gasteiger charge is -2.27. The van der Waals surface area contributed by atoms with Crippen molar-refractivity contribution in [3.05, 3.63) is 0 Å². The number of guanidine groups is 1. The Labute approximate surface area is 130 Å². The molecule has 21 heavy (non-hydrogen) atoms. The number of hydrogen-bond acceptors (Lipinski definition) is 4. The fraction of sp³-hybridized carbons (Fsp3) is 0.769. The van der Waals surface area contributed by atoms with Crippen LogP contribution in [0, 0.1) is 0 Å². The van der Waals surface area contributed by atoms with E-state index in [0.29, 0.717) is 30.5 Å². The Hall–Kier alpha value is -1.57. The number of carbonyl (C=O) groups excluding carboxylic acids is 1. The number of carboxylic acids is 1. The Kier molecular flexibility index (Phi) is 7.81. The molecule has 6 N–H and O–H groups in total. The van der Waals surface area contributed by atoms with Gasteiger partial charge in [0.2, 0.25) is 0 Å². The molecule has 1 unspecified atom stereocenters. The summed E-state index contributed by atoms with van der Waals surface area (Å²) in [7, 11) is 0. The molecular weight excluding hydrogens is 290 g/mol. The summed E-state index contributed by atoms with van der Waals surface area (Å²) in [6.45, 7) is 0.386. The molecule has 0 aliphatic heterocycles. The Bertz CT molecular complexity index is 379. The van der Waals surface area contributed by atoms with Gasteiger partial charge in [0.15, 0.2) is 11.1 Å². The van der Waals surface area contributed by atoms with Crippen LogP contribution in [0.3, 0.4) is 0 Å². The van der Waals surface area contributed by atoms with Crippen molar-refractivity contribution in [3.8, 4) is 0 Å². The van der Waals surface area contributed by atoms with Crippen LogP contribution >= 0.6 is 12.2 Å². The van der Waals surface area contributed by atoms with E-state index in [2.05, 4.69) is 15.6 Å². The molecule has 0 aromatic rings. The molecule has 120 valence electrons. The van der Waals surface area contributed by atoms with E-state index >= 15 is 0 Å². The highest BCUT2D eigenvalue weighted by atomic mass is 32.1. The lowest BCUT2D eigenvalue weighted by molar-refractivity contribution is -0.308. The Morgan fingerprint density at radius 2 is 2.00 bits per heavy atom. The fourth-order valence-corrected chi connectivity index (χ4v) is 2.69. The third kappa shape index (κ3) is 7.69. The minimum Gasteiger partial charge on any atom is -0.548 e. The summed E-state index contributed by atoms with van der Waals surface area (Å²) in [4.78, 5) is 14.9. The number of carboxylic acid groups (broad SMARTS) is 1. The summed E-state index contributed by atoms with van der Waals surface area (Å²) in [5.74, 6) is -1.17. The van der Waals surface area contributed by atoms with Crippen molar-refractivity contribution in [2.75, 3.05) is 6.54 Å². The smallest absolute Gasteiger partial charge is 0.185 e. The van der Waals surface area contributed by atoms with Crippen molar-refractivity contribution < 1.29 is 9.90 Å². The van der Waals surface area contributed by atoms with E-state index < -0.39 is 12.0 Å².